The number of hydrogen-bond acceptors (Lipinski definition) is 5. The molecule has 0 saturated heterocycles. The van der Waals surface area contributed by atoms with E-state index in [9.17, 15) is 18.0 Å². The van der Waals surface area contributed by atoms with E-state index in [1.54, 1.807) is 24.3 Å². The first-order valence-electron chi connectivity index (χ1n) is 7.99. The van der Waals surface area contributed by atoms with E-state index in [1.807, 2.05) is 6.07 Å². The molecule has 1 amide bonds. The molecule has 0 saturated carbocycles. The van der Waals surface area contributed by atoms with Crippen molar-refractivity contribution in [3.8, 4) is 0 Å². The average Bonchev–Trinajstić information content (AvgIpc) is 2.67. The Morgan fingerprint density at radius 3 is 2.30 bits per heavy atom. The van der Waals surface area contributed by atoms with E-state index >= 15 is 0 Å². The van der Waals surface area contributed by atoms with Crippen LogP contribution in [-0.4, -0.2) is 45.3 Å². The highest BCUT2D eigenvalue weighted by atomic mass is 32.2. The highest BCUT2D eigenvalue weighted by Crippen LogP contribution is 2.11. The molecule has 2 aromatic rings. The molecule has 0 atom stereocenters. The average molecular weight is 388 g/mol. The summed E-state index contributed by atoms with van der Waals surface area (Å²) in [7, 11) is -1.13. The number of nitrogens with zero attached hydrogens (tertiary/aromatic N) is 1. The zero-order valence-electron chi connectivity index (χ0n) is 15.0. The Morgan fingerprint density at radius 2 is 1.70 bits per heavy atom. The second kappa shape index (κ2) is 9.11. The molecule has 2 rings (SSSR count). The summed E-state index contributed by atoms with van der Waals surface area (Å²) in [6.07, 6.45) is 1.47. The number of esters is 1. The molecule has 2 aromatic carbocycles. The number of nitrogens with one attached hydrogen (secondary N) is 1. The lowest BCUT2D eigenvalue weighted by molar-refractivity contribution is -0.116. The Balaban J connectivity index is 1.96. The minimum Gasteiger partial charge on any atom is -0.465 e. The smallest absolute Gasteiger partial charge is 0.337 e. The Kier molecular flexibility index (Phi) is 6.86. The van der Waals surface area contributed by atoms with Crippen molar-refractivity contribution >= 4 is 33.7 Å². The van der Waals surface area contributed by atoms with E-state index in [0.717, 1.165) is 15.3 Å². The summed E-state index contributed by atoms with van der Waals surface area (Å²) in [5.74, 6) is -0.982. The van der Waals surface area contributed by atoms with Gasteiger partial charge in [0.05, 0.1) is 19.2 Å². The molecule has 7 nitrogen and oxygen atoms in total. The SMILES string of the molecule is COC(=O)c1ccc(NC(=O)CN(C)S(=O)(=O)/C=C/c2ccccc2)cc1. The summed E-state index contributed by atoms with van der Waals surface area (Å²) in [5.41, 5.74) is 1.53. The summed E-state index contributed by atoms with van der Waals surface area (Å²) in [6.45, 7) is -0.347. The van der Waals surface area contributed by atoms with Crippen LogP contribution in [0.3, 0.4) is 0 Å². The third-order valence-corrected chi connectivity index (χ3v) is 5.10. The Bertz CT molecular complexity index is 922. The molecule has 1 N–H and O–H groups in total. The number of amides is 1. The van der Waals surface area contributed by atoms with Crippen molar-refractivity contribution in [3.63, 3.8) is 0 Å². The van der Waals surface area contributed by atoms with Gasteiger partial charge in [0, 0.05) is 18.1 Å². The van der Waals surface area contributed by atoms with Gasteiger partial charge in [0.2, 0.25) is 15.9 Å². The van der Waals surface area contributed by atoms with E-state index in [4.69, 9.17) is 0 Å². The molecule has 0 aliphatic rings. The van der Waals surface area contributed by atoms with Gasteiger partial charge in [0.15, 0.2) is 0 Å². The normalized spacial score (nSPS) is 11.5. The number of carbonyl (C=O) groups excluding carboxylic acids is 2. The lowest BCUT2D eigenvalue weighted by Crippen LogP contribution is -2.33. The third kappa shape index (κ3) is 6.05. The fourth-order valence-electron chi connectivity index (χ4n) is 2.13. The van der Waals surface area contributed by atoms with Crippen LogP contribution in [0.15, 0.2) is 60.0 Å². The third-order valence-electron chi connectivity index (χ3n) is 3.62. The molecule has 0 radical (unpaired) electrons. The number of ether oxygens (including phenoxy) is 1. The number of anilines is 1. The molecular formula is C19H20N2O5S. The van der Waals surface area contributed by atoms with E-state index < -0.39 is 21.9 Å². The monoisotopic (exact) mass is 388 g/mol. The van der Waals surface area contributed by atoms with Crippen molar-refractivity contribution in [2.75, 3.05) is 26.0 Å². The number of rotatable bonds is 7. The zero-order chi connectivity index (χ0) is 19.9. The van der Waals surface area contributed by atoms with Crippen molar-refractivity contribution < 1.29 is 22.7 Å². The molecule has 0 aromatic heterocycles. The lowest BCUT2D eigenvalue weighted by atomic mass is 10.2. The fraction of sp³-hybridized carbons (Fsp3) is 0.158. The maximum Gasteiger partial charge on any atom is 0.337 e. The predicted octanol–water partition coefficient (Wildman–Crippen LogP) is 2.34. The topological polar surface area (TPSA) is 92.8 Å². The molecule has 0 aliphatic heterocycles. The first kappa shape index (κ1) is 20.3. The maximum absolute atomic E-state index is 12.3. The molecule has 0 fully saturated rings. The highest BCUT2D eigenvalue weighted by molar-refractivity contribution is 7.92. The van der Waals surface area contributed by atoms with Crippen molar-refractivity contribution in [2.24, 2.45) is 0 Å². The van der Waals surface area contributed by atoms with Gasteiger partial charge < -0.3 is 10.1 Å². The van der Waals surface area contributed by atoms with E-state index in [0.29, 0.717) is 11.3 Å². The summed E-state index contributed by atoms with van der Waals surface area (Å²) in [5, 5.41) is 3.64. The first-order chi connectivity index (χ1) is 12.8. The van der Waals surface area contributed by atoms with Gasteiger partial charge in [-0.2, -0.15) is 4.31 Å². The van der Waals surface area contributed by atoms with Crippen LogP contribution in [0.4, 0.5) is 5.69 Å². The second-order valence-corrected chi connectivity index (χ2v) is 7.56. The van der Waals surface area contributed by atoms with Gasteiger partial charge in [-0.05, 0) is 35.9 Å². The number of hydrogen-bond donors (Lipinski definition) is 1. The van der Waals surface area contributed by atoms with Crippen LogP contribution >= 0.6 is 0 Å². The van der Waals surface area contributed by atoms with Crippen molar-refractivity contribution in [1.82, 2.24) is 4.31 Å². The van der Waals surface area contributed by atoms with Crippen LogP contribution in [-0.2, 0) is 19.6 Å². The van der Waals surface area contributed by atoms with Gasteiger partial charge in [0.25, 0.3) is 0 Å². The standard InChI is InChI=1S/C19H20N2O5S/c1-21(27(24,25)13-12-15-6-4-3-5-7-15)14-18(22)20-17-10-8-16(9-11-17)19(23)26-2/h3-13H,14H2,1-2H3,(H,20,22)/b13-12+. The lowest BCUT2D eigenvalue weighted by Gasteiger charge is -2.14. The van der Waals surface area contributed by atoms with Gasteiger partial charge in [-0.25, -0.2) is 13.2 Å². The number of benzene rings is 2. The molecular weight excluding hydrogens is 368 g/mol. The van der Waals surface area contributed by atoms with Crippen LogP contribution in [0.25, 0.3) is 6.08 Å². The minimum atomic E-state index is -3.74. The number of carbonyl (C=O) groups is 2. The Morgan fingerprint density at radius 1 is 1.07 bits per heavy atom. The summed E-state index contributed by atoms with van der Waals surface area (Å²) in [6, 6.07) is 15.1. The molecule has 0 aliphatic carbocycles. The summed E-state index contributed by atoms with van der Waals surface area (Å²) in [4.78, 5) is 23.5. The summed E-state index contributed by atoms with van der Waals surface area (Å²) < 4.78 is 30.0. The Labute approximate surface area is 158 Å². The number of likely N-dealkylation sites (N-methyl/N-ethyl adjacent to an activating group) is 1. The van der Waals surface area contributed by atoms with Gasteiger partial charge in [-0.15, -0.1) is 0 Å². The molecule has 0 heterocycles. The second-order valence-electron chi connectivity index (χ2n) is 5.63. The van der Waals surface area contributed by atoms with Gasteiger partial charge in [0.1, 0.15) is 0 Å². The van der Waals surface area contributed by atoms with E-state index in [2.05, 4.69) is 10.1 Å². The number of methoxy groups -OCH3 is 1. The largest absolute Gasteiger partial charge is 0.465 e. The van der Waals surface area contributed by atoms with Crippen LogP contribution in [0, 0.1) is 0 Å². The van der Waals surface area contributed by atoms with Crippen LogP contribution in [0.2, 0.25) is 0 Å². The molecule has 27 heavy (non-hydrogen) atoms. The molecule has 0 bridgehead atoms. The molecule has 0 unspecified atom stereocenters. The van der Waals surface area contributed by atoms with Gasteiger partial charge in [-0.3, -0.25) is 4.79 Å². The van der Waals surface area contributed by atoms with Crippen molar-refractivity contribution in [2.45, 2.75) is 0 Å². The van der Waals surface area contributed by atoms with Crippen molar-refractivity contribution in [3.05, 3.63) is 71.1 Å². The fourth-order valence-corrected chi connectivity index (χ4v) is 2.97. The van der Waals surface area contributed by atoms with Crippen LogP contribution < -0.4 is 5.32 Å². The zero-order valence-corrected chi connectivity index (χ0v) is 15.8. The molecule has 8 heteroatoms. The highest BCUT2D eigenvalue weighted by Gasteiger charge is 2.18. The van der Waals surface area contributed by atoms with Gasteiger partial charge >= 0.3 is 5.97 Å². The molecule has 0 spiro atoms. The van der Waals surface area contributed by atoms with Crippen molar-refractivity contribution in [1.29, 1.82) is 0 Å². The summed E-state index contributed by atoms with van der Waals surface area (Å²) >= 11 is 0. The quantitative estimate of drug-likeness (QED) is 0.735. The Hall–Kier alpha value is -2.97. The minimum absolute atomic E-state index is 0.347. The predicted molar refractivity (Wildman–Crippen MR) is 103 cm³/mol. The van der Waals surface area contributed by atoms with E-state index in [1.165, 1.54) is 44.5 Å². The van der Waals surface area contributed by atoms with Crippen LogP contribution in [0.5, 0.6) is 0 Å². The molecule has 142 valence electrons. The van der Waals surface area contributed by atoms with E-state index in [-0.39, 0.29) is 6.54 Å². The van der Waals surface area contributed by atoms with Gasteiger partial charge in [-0.1, -0.05) is 30.3 Å². The van der Waals surface area contributed by atoms with Crippen LogP contribution in [0.1, 0.15) is 15.9 Å². The number of sulfonamides is 1. The maximum atomic E-state index is 12.3. The first-order valence-corrected chi connectivity index (χ1v) is 9.50.